The van der Waals surface area contributed by atoms with Crippen molar-refractivity contribution in [2.75, 3.05) is 6.54 Å². The summed E-state index contributed by atoms with van der Waals surface area (Å²) in [6, 6.07) is 11.4. The molecule has 2 atom stereocenters. The van der Waals surface area contributed by atoms with E-state index in [0.29, 0.717) is 0 Å². The molecule has 0 spiro atoms. The minimum atomic E-state index is 0.743. The maximum Gasteiger partial charge on any atom is 0.0242 e. The Morgan fingerprint density at radius 2 is 1.86 bits per heavy atom. The smallest absolute Gasteiger partial charge is 0.0242 e. The number of nitrogens with one attached hydrogen (secondary N) is 1. The van der Waals surface area contributed by atoms with Crippen LogP contribution in [0.5, 0.6) is 0 Å². The fourth-order valence-corrected chi connectivity index (χ4v) is 3.70. The van der Waals surface area contributed by atoms with Gasteiger partial charge in [0.15, 0.2) is 0 Å². The quantitative estimate of drug-likeness (QED) is 0.821. The SMILES string of the molecule is CCC1CCC(C)N1Cc1ccccc1CCNC1CC1. The van der Waals surface area contributed by atoms with Crippen molar-refractivity contribution in [1.29, 1.82) is 0 Å². The summed E-state index contributed by atoms with van der Waals surface area (Å²) in [7, 11) is 0. The second kappa shape index (κ2) is 6.93. The Morgan fingerprint density at radius 1 is 1.10 bits per heavy atom. The summed E-state index contributed by atoms with van der Waals surface area (Å²) in [6.45, 7) is 7.00. The lowest BCUT2D eigenvalue weighted by Crippen LogP contribution is -2.34. The van der Waals surface area contributed by atoms with E-state index in [2.05, 4.69) is 48.3 Å². The van der Waals surface area contributed by atoms with Crippen LogP contribution in [-0.2, 0) is 13.0 Å². The van der Waals surface area contributed by atoms with Crippen molar-refractivity contribution in [2.24, 2.45) is 0 Å². The first-order valence-electron chi connectivity index (χ1n) is 8.84. The molecule has 2 aliphatic rings. The second-order valence-corrected chi connectivity index (χ2v) is 6.91. The van der Waals surface area contributed by atoms with Crippen LogP contribution < -0.4 is 5.32 Å². The summed E-state index contributed by atoms with van der Waals surface area (Å²) in [6.07, 6.45) is 7.96. The maximum atomic E-state index is 3.64. The van der Waals surface area contributed by atoms with Gasteiger partial charge in [0, 0.05) is 24.7 Å². The molecular weight excluding hydrogens is 256 g/mol. The van der Waals surface area contributed by atoms with Crippen molar-refractivity contribution in [1.82, 2.24) is 10.2 Å². The number of benzene rings is 1. The summed E-state index contributed by atoms with van der Waals surface area (Å²) in [5.74, 6) is 0. The van der Waals surface area contributed by atoms with Gasteiger partial charge in [0.05, 0.1) is 0 Å². The molecule has 0 bridgehead atoms. The normalized spacial score (nSPS) is 26.4. The van der Waals surface area contributed by atoms with Crippen LogP contribution in [0.2, 0.25) is 0 Å². The van der Waals surface area contributed by atoms with Crippen molar-refractivity contribution >= 4 is 0 Å². The molecule has 3 rings (SSSR count). The van der Waals surface area contributed by atoms with Crippen molar-refractivity contribution < 1.29 is 0 Å². The monoisotopic (exact) mass is 286 g/mol. The molecule has 0 amide bonds. The predicted octanol–water partition coefficient (Wildman–Crippen LogP) is 3.74. The van der Waals surface area contributed by atoms with Crippen molar-refractivity contribution in [2.45, 2.75) is 77.0 Å². The summed E-state index contributed by atoms with van der Waals surface area (Å²) in [4.78, 5) is 2.73. The van der Waals surface area contributed by atoms with Gasteiger partial charge in [-0.2, -0.15) is 0 Å². The Morgan fingerprint density at radius 3 is 2.57 bits per heavy atom. The summed E-state index contributed by atoms with van der Waals surface area (Å²) >= 11 is 0. The van der Waals surface area contributed by atoms with E-state index < -0.39 is 0 Å². The van der Waals surface area contributed by atoms with E-state index in [1.54, 1.807) is 11.1 Å². The zero-order valence-corrected chi connectivity index (χ0v) is 13.6. The molecule has 21 heavy (non-hydrogen) atoms. The number of rotatable bonds is 7. The van der Waals surface area contributed by atoms with E-state index in [-0.39, 0.29) is 0 Å². The van der Waals surface area contributed by atoms with Gasteiger partial charge < -0.3 is 5.32 Å². The average molecular weight is 286 g/mol. The third-order valence-corrected chi connectivity index (χ3v) is 5.30. The van der Waals surface area contributed by atoms with Crippen LogP contribution in [-0.4, -0.2) is 29.6 Å². The van der Waals surface area contributed by atoms with E-state index in [4.69, 9.17) is 0 Å². The fraction of sp³-hybridized carbons (Fsp3) is 0.684. The van der Waals surface area contributed by atoms with Gasteiger partial charge in [-0.1, -0.05) is 31.2 Å². The molecule has 1 aromatic carbocycles. The third kappa shape index (κ3) is 3.87. The largest absolute Gasteiger partial charge is 0.314 e. The van der Waals surface area contributed by atoms with Gasteiger partial charge in [-0.15, -0.1) is 0 Å². The lowest BCUT2D eigenvalue weighted by atomic mass is 10.0. The van der Waals surface area contributed by atoms with E-state index in [9.17, 15) is 0 Å². The molecule has 0 aromatic heterocycles. The predicted molar refractivity (Wildman–Crippen MR) is 89.5 cm³/mol. The number of hydrogen-bond donors (Lipinski definition) is 1. The maximum absolute atomic E-state index is 3.64. The van der Waals surface area contributed by atoms with Crippen LogP contribution >= 0.6 is 0 Å². The molecule has 2 unspecified atom stereocenters. The van der Waals surface area contributed by atoms with Gasteiger partial charge in [-0.05, 0) is 63.1 Å². The fourth-order valence-electron chi connectivity index (χ4n) is 3.70. The van der Waals surface area contributed by atoms with Gasteiger partial charge in [-0.3, -0.25) is 4.90 Å². The van der Waals surface area contributed by atoms with Crippen LogP contribution in [0.15, 0.2) is 24.3 Å². The van der Waals surface area contributed by atoms with Crippen LogP contribution in [0.1, 0.15) is 57.1 Å². The van der Waals surface area contributed by atoms with Crippen LogP contribution in [0.25, 0.3) is 0 Å². The van der Waals surface area contributed by atoms with Gasteiger partial charge in [0.25, 0.3) is 0 Å². The van der Waals surface area contributed by atoms with Gasteiger partial charge in [0.1, 0.15) is 0 Å². The van der Waals surface area contributed by atoms with E-state index in [1.165, 1.54) is 38.5 Å². The van der Waals surface area contributed by atoms with Gasteiger partial charge >= 0.3 is 0 Å². The van der Waals surface area contributed by atoms with Gasteiger partial charge in [-0.25, -0.2) is 0 Å². The topological polar surface area (TPSA) is 15.3 Å². The summed E-state index contributed by atoms with van der Waals surface area (Å²) in [5, 5.41) is 3.64. The molecule has 2 fully saturated rings. The van der Waals surface area contributed by atoms with Crippen LogP contribution in [0.4, 0.5) is 0 Å². The Labute approximate surface area is 129 Å². The van der Waals surface area contributed by atoms with Crippen molar-refractivity contribution in [3.05, 3.63) is 35.4 Å². The first-order chi connectivity index (χ1) is 10.3. The average Bonchev–Trinajstić information content (AvgIpc) is 3.26. The molecular formula is C19H30N2. The Balaban J connectivity index is 1.63. The molecule has 0 radical (unpaired) electrons. The molecule has 1 aliphatic carbocycles. The minimum Gasteiger partial charge on any atom is -0.314 e. The molecule has 2 nitrogen and oxygen atoms in total. The minimum absolute atomic E-state index is 0.743. The first-order valence-corrected chi connectivity index (χ1v) is 8.84. The van der Waals surface area contributed by atoms with Crippen molar-refractivity contribution in [3.8, 4) is 0 Å². The van der Waals surface area contributed by atoms with E-state index >= 15 is 0 Å². The Kier molecular flexibility index (Phi) is 4.97. The second-order valence-electron chi connectivity index (χ2n) is 6.91. The molecule has 1 heterocycles. The Hall–Kier alpha value is -0.860. The Bertz CT molecular complexity index is 453. The summed E-state index contributed by atoms with van der Waals surface area (Å²) < 4.78 is 0. The molecule has 1 saturated carbocycles. The van der Waals surface area contributed by atoms with Crippen molar-refractivity contribution in [3.63, 3.8) is 0 Å². The highest BCUT2D eigenvalue weighted by atomic mass is 15.2. The lowest BCUT2D eigenvalue weighted by molar-refractivity contribution is 0.189. The standard InChI is InChI=1S/C19H30N2/c1-3-19-11-8-15(2)21(19)14-17-7-5-4-6-16(17)12-13-20-18-9-10-18/h4-7,15,18-20H,3,8-14H2,1-2H3. The van der Waals surface area contributed by atoms with Gasteiger partial charge in [0.2, 0.25) is 0 Å². The molecule has 1 aromatic rings. The highest BCUT2D eigenvalue weighted by Crippen LogP contribution is 2.28. The number of likely N-dealkylation sites (tertiary alicyclic amines) is 1. The third-order valence-electron chi connectivity index (χ3n) is 5.30. The summed E-state index contributed by atoms with van der Waals surface area (Å²) in [5.41, 5.74) is 3.09. The molecule has 1 saturated heterocycles. The molecule has 116 valence electrons. The molecule has 1 aliphatic heterocycles. The zero-order valence-electron chi connectivity index (χ0n) is 13.6. The molecule has 1 N–H and O–H groups in total. The number of nitrogens with zero attached hydrogens (tertiary/aromatic N) is 1. The van der Waals surface area contributed by atoms with E-state index in [1.807, 2.05) is 0 Å². The van der Waals surface area contributed by atoms with Crippen LogP contribution in [0.3, 0.4) is 0 Å². The molecule has 2 heteroatoms. The van der Waals surface area contributed by atoms with E-state index in [0.717, 1.165) is 31.2 Å². The first kappa shape index (κ1) is 15.1. The lowest BCUT2D eigenvalue weighted by Gasteiger charge is -2.28. The highest BCUT2D eigenvalue weighted by molar-refractivity contribution is 5.27. The van der Waals surface area contributed by atoms with Crippen LogP contribution in [0, 0.1) is 0 Å². The zero-order chi connectivity index (χ0) is 14.7. The highest BCUT2D eigenvalue weighted by Gasteiger charge is 2.29. The number of hydrogen-bond acceptors (Lipinski definition) is 2.